The summed E-state index contributed by atoms with van der Waals surface area (Å²) < 4.78 is 2.57. The van der Waals surface area contributed by atoms with Crippen LogP contribution in [0.5, 0.6) is 0 Å². The maximum absolute atomic E-state index is 12.6. The van der Waals surface area contributed by atoms with E-state index in [1.807, 2.05) is 48.5 Å². The Bertz CT molecular complexity index is 969. The van der Waals surface area contributed by atoms with Crippen molar-refractivity contribution in [2.24, 2.45) is 7.05 Å². The van der Waals surface area contributed by atoms with Crippen LogP contribution in [0.4, 0.5) is 11.5 Å². The molecule has 1 heterocycles. The second-order valence-electron chi connectivity index (χ2n) is 6.51. The first-order valence-electron chi connectivity index (χ1n) is 8.62. The average Bonchev–Trinajstić information content (AvgIpc) is 2.66. The Labute approximate surface area is 171 Å². The first-order chi connectivity index (χ1) is 12.9. The fourth-order valence-electron chi connectivity index (χ4n) is 2.47. The van der Waals surface area contributed by atoms with Gasteiger partial charge in [-0.3, -0.25) is 9.36 Å². The van der Waals surface area contributed by atoms with Gasteiger partial charge in [0.25, 0.3) is 5.56 Å². The van der Waals surface area contributed by atoms with Gasteiger partial charge in [-0.25, -0.2) is 0 Å². The first-order valence-corrected chi connectivity index (χ1v) is 10.4. The van der Waals surface area contributed by atoms with E-state index >= 15 is 0 Å². The molecular weight excluding hydrogens is 424 g/mol. The summed E-state index contributed by atoms with van der Waals surface area (Å²) in [5.41, 5.74) is 3.03. The molecule has 0 unspecified atom stereocenters. The molecule has 1 N–H and O–H groups in total. The monoisotopic (exact) mass is 444 g/mol. The number of hydrogen-bond donors (Lipinski definition) is 1. The molecule has 0 aliphatic carbocycles. The molecule has 1 aromatic heterocycles. The Kier molecular flexibility index (Phi) is 6.34. The van der Waals surface area contributed by atoms with Crippen LogP contribution in [0.25, 0.3) is 0 Å². The summed E-state index contributed by atoms with van der Waals surface area (Å²) in [5.74, 6) is 1.41. The number of nitrogens with one attached hydrogen (secondary N) is 1. The van der Waals surface area contributed by atoms with Crippen molar-refractivity contribution in [1.29, 1.82) is 0 Å². The van der Waals surface area contributed by atoms with E-state index in [2.05, 4.69) is 45.3 Å². The highest BCUT2D eigenvalue weighted by atomic mass is 79.9. The van der Waals surface area contributed by atoms with Gasteiger partial charge in [-0.15, -0.1) is 10.2 Å². The molecule has 0 amide bonds. The van der Waals surface area contributed by atoms with Crippen molar-refractivity contribution in [3.05, 3.63) is 74.5 Å². The van der Waals surface area contributed by atoms with Crippen molar-refractivity contribution in [3.8, 4) is 0 Å². The quantitative estimate of drug-likeness (QED) is 0.536. The van der Waals surface area contributed by atoms with Crippen LogP contribution >= 0.6 is 27.7 Å². The Morgan fingerprint density at radius 1 is 1.07 bits per heavy atom. The van der Waals surface area contributed by atoms with E-state index in [1.54, 1.807) is 7.05 Å². The number of anilines is 2. The molecule has 0 atom stereocenters. The topological polar surface area (TPSA) is 59.8 Å². The number of nitrogens with zero attached hydrogens (tertiary/aromatic N) is 3. The number of rotatable bonds is 6. The van der Waals surface area contributed by atoms with Crippen LogP contribution in [-0.2, 0) is 12.8 Å². The van der Waals surface area contributed by atoms with Gasteiger partial charge in [0, 0.05) is 23.0 Å². The van der Waals surface area contributed by atoms with Crippen LogP contribution in [0, 0.1) is 0 Å². The highest BCUT2D eigenvalue weighted by molar-refractivity contribution is 9.10. The smallest absolute Gasteiger partial charge is 0.297 e. The van der Waals surface area contributed by atoms with Crippen LogP contribution < -0.4 is 10.9 Å². The van der Waals surface area contributed by atoms with Gasteiger partial charge in [-0.2, -0.15) is 0 Å². The lowest BCUT2D eigenvalue weighted by Crippen LogP contribution is -2.24. The third kappa shape index (κ3) is 4.99. The van der Waals surface area contributed by atoms with Gasteiger partial charge in [0.2, 0.25) is 5.82 Å². The molecule has 0 radical (unpaired) electrons. The van der Waals surface area contributed by atoms with E-state index in [-0.39, 0.29) is 11.4 Å². The minimum atomic E-state index is -0.198. The molecule has 140 valence electrons. The Balaban J connectivity index is 1.72. The maximum atomic E-state index is 12.6. The summed E-state index contributed by atoms with van der Waals surface area (Å²) in [7, 11) is 1.72. The predicted octanol–water partition coefficient (Wildman–Crippen LogP) is 5.10. The Hall–Kier alpha value is -2.12. The zero-order chi connectivity index (χ0) is 19.4. The number of benzene rings is 2. The van der Waals surface area contributed by atoms with Gasteiger partial charge < -0.3 is 5.32 Å². The normalized spacial score (nSPS) is 11.0. The number of halogens is 1. The fourth-order valence-corrected chi connectivity index (χ4v) is 3.60. The second kappa shape index (κ2) is 8.71. The van der Waals surface area contributed by atoms with Crippen molar-refractivity contribution in [3.63, 3.8) is 0 Å². The summed E-state index contributed by atoms with van der Waals surface area (Å²) in [6.45, 7) is 4.29. The second-order valence-corrected chi connectivity index (χ2v) is 8.37. The zero-order valence-corrected chi connectivity index (χ0v) is 17.8. The third-order valence-corrected chi connectivity index (χ3v) is 5.77. The van der Waals surface area contributed by atoms with Gasteiger partial charge in [0.15, 0.2) is 5.16 Å². The summed E-state index contributed by atoms with van der Waals surface area (Å²) in [6.07, 6.45) is 0. The Morgan fingerprint density at radius 2 is 1.74 bits per heavy atom. The minimum Gasteiger partial charge on any atom is -0.334 e. The molecule has 0 spiro atoms. The first kappa shape index (κ1) is 19.6. The molecule has 7 heteroatoms. The van der Waals surface area contributed by atoms with Gasteiger partial charge in [-0.05, 0) is 41.3 Å². The van der Waals surface area contributed by atoms with Crippen molar-refractivity contribution in [1.82, 2.24) is 14.8 Å². The third-order valence-electron chi connectivity index (χ3n) is 4.15. The summed E-state index contributed by atoms with van der Waals surface area (Å²) in [6, 6.07) is 16.1. The molecule has 5 nitrogen and oxygen atoms in total. The lowest BCUT2D eigenvalue weighted by atomic mass is 10.0. The fraction of sp³-hybridized carbons (Fsp3) is 0.250. The van der Waals surface area contributed by atoms with Crippen LogP contribution in [0.1, 0.15) is 30.9 Å². The molecule has 0 bridgehead atoms. The lowest BCUT2D eigenvalue weighted by molar-refractivity contribution is 0.666. The van der Waals surface area contributed by atoms with E-state index in [0.717, 1.165) is 21.5 Å². The van der Waals surface area contributed by atoms with Crippen molar-refractivity contribution in [2.45, 2.75) is 30.7 Å². The molecule has 0 saturated carbocycles. The van der Waals surface area contributed by atoms with Gasteiger partial charge in [0.1, 0.15) is 0 Å². The molecule has 2 aromatic carbocycles. The van der Waals surface area contributed by atoms with Gasteiger partial charge in [-0.1, -0.05) is 65.8 Å². The van der Waals surface area contributed by atoms with E-state index < -0.39 is 0 Å². The highest BCUT2D eigenvalue weighted by Gasteiger charge is 2.10. The van der Waals surface area contributed by atoms with E-state index in [9.17, 15) is 4.79 Å². The average molecular weight is 445 g/mol. The molecule has 3 aromatic rings. The Morgan fingerprint density at radius 3 is 2.37 bits per heavy atom. The van der Waals surface area contributed by atoms with E-state index in [0.29, 0.717) is 11.1 Å². The molecular formula is C20H21BrN4OS. The van der Waals surface area contributed by atoms with E-state index in [4.69, 9.17) is 0 Å². The molecule has 0 saturated heterocycles. The largest absolute Gasteiger partial charge is 0.334 e. The van der Waals surface area contributed by atoms with Crippen LogP contribution in [0.3, 0.4) is 0 Å². The van der Waals surface area contributed by atoms with Gasteiger partial charge in [0.05, 0.1) is 0 Å². The SMILES string of the molecule is CC(C)c1ccc(Nc2nnc(SCc3ccc(Br)cc3)n(C)c2=O)cc1. The van der Waals surface area contributed by atoms with Crippen molar-refractivity contribution < 1.29 is 0 Å². The predicted molar refractivity (Wildman–Crippen MR) is 115 cm³/mol. The summed E-state index contributed by atoms with van der Waals surface area (Å²) in [4.78, 5) is 12.6. The number of thioether (sulfide) groups is 1. The standard InChI is InChI=1S/C20H21BrN4OS/c1-13(2)15-6-10-17(11-7-15)22-18-19(26)25(3)20(24-23-18)27-12-14-4-8-16(21)9-5-14/h4-11,13H,12H2,1-3H3,(H,22,23). The van der Waals surface area contributed by atoms with Crippen molar-refractivity contribution in [2.75, 3.05) is 5.32 Å². The summed E-state index contributed by atoms with van der Waals surface area (Å²) in [5, 5.41) is 12.0. The maximum Gasteiger partial charge on any atom is 0.297 e. The zero-order valence-electron chi connectivity index (χ0n) is 15.4. The highest BCUT2D eigenvalue weighted by Crippen LogP contribution is 2.22. The van der Waals surface area contributed by atoms with Crippen LogP contribution in [-0.4, -0.2) is 14.8 Å². The van der Waals surface area contributed by atoms with Gasteiger partial charge >= 0.3 is 0 Å². The van der Waals surface area contributed by atoms with Crippen LogP contribution in [0.2, 0.25) is 0 Å². The lowest BCUT2D eigenvalue weighted by Gasteiger charge is -2.10. The van der Waals surface area contributed by atoms with Crippen LogP contribution in [0.15, 0.2) is 63.0 Å². The minimum absolute atomic E-state index is 0.198. The molecule has 0 fully saturated rings. The van der Waals surface area contributed by atoms with Crippen molar-refractivity contribution >= 4 is 39.2 Å². The number of hydrogen-bond acceptors (Lipinski definition) is 5. The van der Waals surface area contributed by atoms with E-state index in [1.165, 1.54) is 21.9 Å². The molecule has 3 rings (SSSR count). The summed E-state index contributed by atoms with van der Waals surface area (Å²) >= 11 is 4.91. The molecule has 0 aliphatic heterocycles. The number of aromatic nitrogens is 3. The molecule has 27 heavy (non-hydrogen) atoms. The molecule has 0 aliphatic rings.